The first kappa shape index (κ1) is 12.6. The minimum Gasteiger partial charge on any atom is -0.396 e. The van der Waals surface area contributed by atoms with E-state index >= 15 is 0 Å². The van der Waals surface area contributed by atoms with Crippen molar-refractivity contribution in [1.82, 2.24) is 15.0 Å². The van der Waals surface area contributed by atoms with Gasteiger partial charge in [-0.05, 0) is 12.1 Å². The Morgan fingerprint density at radius 3 is 2.53 bits per heavy atom. The number of hydrogen-bond acceptors (Lipinski definition) is 3. The summed E-state index contributed by atoms with van der Waals surface area (Å²) < 4.78 is 1.50. The maximum atomic E-state index is 8.79. The molecule has 0 saturated heterocycles. The lowest BCUT2D eigenvalue weighted by molar-refractivity contribution is 0.298. The monoisotopic (exact) mass is 291 g/mol. The molecule has 0 aliphatic carbocycles. The molecule has 0 radical (unpaired) electrons. The van der Waals surface area contributed by atoms with E-state index < -0.39 is 0 Å². The minimum absolute atomic E-state index is 0.0216. The number of rotatable bonds is 3. The fraction of sp³-hybridized carbons (Fsp3) is 0.200. The van der Waals surface area contributed by atoms with Crippen molar-refractivity contribution in [1.29, 1.82) is 0 Å². The van der Waals surface area contributed by atoms with E-state index in [9.17, 15) is 0 Å². The number of benzene rings is 1. The maximum absolute atomic E-state index is 8.79. The molecule has 2 aromatic rings. The van der Waals surface area contributed by atoms with E-state index in [2.05, 4.69) is 10.3 Å². The van der Waals surface area contributed by atoms with Crippen LogP contribution in [0.5, 0.6) is 0 Å². The van der Waals surface area contributed by atoms with E-state index in [-0.39, 0.29) is 6.61 Å². The van der Waals surface area contributed by atoms with Gasteiger partial charge in [0.1, 0.15) is 0 Å². The highest BCUT2D eigenvalue weighted by atomic mass is 35.5. The van der Waals surface area contributed by atoms with Gasteiger partial charge in [0.05, 0.1) is 32.6 Å². The van der Waals surface area contributed by atoms with Crippen LogP contribution in [0.4, 0.5) is 0 Å². The number of nitrogens with zero attached hydrogens (tertiary/aromatic N) is 3. The van der Waals surface area contributed by atoms with Crippen LogP contribution in [0.1, 0.15) is 5.69 Å². The smallest absolute Gasteiger partial charge is 0.0865 e. The molecule has 0 aliphatic heterocycles. The number of hydrogen-bond donors (Lipinski definition) is 1. The van der Waals surface area contributed by atoms with Crippen LogP contribution in [0, 0.1) is 0 Å². The van der Waals surface area contributed by atoms with Crippen LogP contribution >= 0.6 is 34.8 Å². The van der Waals surface area contributed by atoms with Crippen LogP contribution in [0.15, 0.2) is 18.3 Å². The Hall–Kier alpha value is -0.810. The normalized spacial score (nSPS) is 10.8. The predicted octanol–water partition coefficient (Wildman–Crippen LogP) is 2.76. The lowest BCUT2D eigenvalue weighted by Crippen LogP contribution is -1.96. The van der Waals surface area contributed by atoms with Gasteiger partial charge in [0, 0.05) is 13.0 Å². The number of aliphatic hydroxyl groups excluding tert-OH is 1. The molecule has 0 atom stereocenters. The maximum Gasteiger partial charge on any atom is 0.0865 e. The van der Waals surface area contributed by atoms with Crippen LogP contribution in [0.2, 0.25) is 15.1 Å². The zero-order valence-corrected chi connectivity index (χ0v) is 10.8. The zero-order chi connectivity index (χ0) is 12.4. The molecule has 2 rings (SSSR count). The van der Waals surface area contributed by atoms with E-state index in [0.29, 0.717) is 32.9 Å². The van der Waals surface area contributed by atoms with Crippen LogP contribution in [0.3, 0.4) is 0 Å². The molecule has 90 valence electrons. The number of aliphatic hydroxyl groups is 1. The number of halogens is 3. The largest absolute Gasteiger partial charge is 0.396 e. The van der Waals surface area contributed by atoms with E-state index in [1.165, 1.54) is 4.68 Å². The molecule has 1 N–H and O–H groups in total. The van der Waals surface area contributed by atoms with Gasteiger partial charge in [-0.1, -0.05) is 40.0 Å². The molecule has 0 spiro atoms. The van der Waals surface area contributed by atoms with E-state index in [0.717, 1.165) is 0 Å². The van der Waals surface area contributed by atoms with Gasteiger partial charge in [0.15, 0.2) is 0 Å². The molecule has 0 unspecified atom stereocenters. The lowest BCUT2D eigenvalue weighted by atomic mass is 10.3. The van der Waals surface area contributed by atoms with Crippen molar-refractivity contribution in [3.8, 4) is 5.69 Å². The molecule has 7 heteroatoms. The van der Waals surface area contributed by atoms with Crippen molar-refractivity contribution in [3.63, 3.8) is 0 Å². The van der Waals surface area contributed by atoms with Gasteiger partial charge in [0.25, 0.3) is 0 Å². The van der Waals surface area contributed by atoms with E-state index in [1.807, 2.05) is 0 Å². The van der Waals surface area contributed by atoms with E-state index in [1.54, 1.807) is 18.3 Å². The first-order valence-electron chi connectivity index (χ1n) is 4.79. The molecule has 1 aromatic heterocycles. The second kappa shape index (κ2) is 5.23. The molecule has 0 saturated carbocycles. The molecule has 17 heavy (non-hydrogen) atoms. The Morgan fingerprint density at radius 2 is 1.82 bits per heavy atom. The Kier molecular flexibility index (Phi) is 3.89. The lowest BCUT2D eigenvalue weighted by Gasteiger charge is -2.05. The first-order chi connectivity index (χ1) is 8.11. The van der Waals surface area contributed by atoms with Crippen molar-refractivity contribution in [2.45, 2.75) is 6.42 Å². The summed E-state index contributed by atoms with van der Waals surface area (Å²) in [4.78, 5) is 0. The molecule has 0 amide bonds. The van der Waals surface area contributed by atoms with E-state index in [4.69, 9.17) is 39.9 Å². The second-order valence-corrected chi connectivity index (χ2v) is 4.57. The molecular formula is C10H8Cl3N3O. The summed E-state index contributed by atoms with van der Waals surface area (Å²) >= 11 is 17.8. The molecular weight excluding hydrogens is 284 g/mol. The summed E-state index contributed by atoms with van der Waals surface area (Å²) in [5.41, 5.74) is 1.27. The van der Waals surface area contributed by atoms with Crippen molar-refractivity contribution in [3.05, 3.63) is 39.1 Å². The Morgan fingerprint density at radius 1 is 1.12 bits per heavy atom. The second-order valence-electron chi connectivity index (χ2n) is 3.35. The van der Waals surface area contributed by atoms with Crippen molar-refractivity contribution < 1.29 is 5.11 Å². The van der Waals surface area contributed by atoms with Gasteiger partial charge < -0.3 is 5.11 Å². The summed E-state index contributed by atoms with van der Waals surface area (Å²) in [6.45, 7) is 0.0216. The molecule has 1 heterocycles. The third kappa shape index (κ3) is 2.72. The van der Waals surface area contributed by atoms with Gasteiger partial charge in [-0.15, -0.1) is 5.10 Å². The summed E-state index contributed by atoms with van der Waals surface area (Å²) in [5, 5.41) is 17.8. The third-order valence-electron chi connectivity index (χ3n) is 2.15. The average Bonchev–Trinajstić information content (AvgIpc) is 2.72. The van der Waals surface area contributed by atoms with Gasteiger partial charge in [-0.2, -0.15) is 0 Å². The topological polar surface area (TPSA) is 50.9 Å². The highest BCUT2D eigenvalue weighted by molar-refractivity contribution is 6.43. The number of aromatic nitrogens is 3. The fourth-order valence-corrected chi connectivity index (χ4v) is 1.96. The SMILES string of the molecule is OCCc1cn(-c2cc(Cl)c(Cl)cc2Cl)nn1. The van der Waals surface area contributed by atoms with Crippen LogP contribution < -0.4 is 0 Å². The van der Waals surface area contributed by atoms with Crippen molar-refractivity contribution in [2.24, 2.45) is 0 Å². The van der Waals surface area contributed by atoms with Gasteiger partial charge in [-0.3, -0.25) is 0 Å². The van der Waals surface area contributed by atoms with Crippen LogP contribution in [-0.2, 0) is 6.42 Å². The summed E-state index contributed by atoms with van der Waals surface area (Å²) in [6, 6.07) is 3.16. The van der Waals surface area contributed by atoms with Gasteiger partial charge in [-0.25, -0.2) is 4.68 Å². The summed E-state index contributed by atoms with van der Waals surface area (Å²) in [7, 11) is 0. The first-order valence-corrected chi connectivity index (χ1v) is 5.92. The summed E-state index contributed by atoms with van der Waals surface area (Å²) in [5.74, 6) is 0. The zero-order valence-electron chi connectivity index (χ0n) is 8.57. The molecule has 4 nitrogen and oxygen atoms in total. The quantitative estimate of drug-likeness (QED) is 0.885. The Bertz CT molecular complexity index is 542. The van der Waals surface area contributed by atoms with Gasteiger partial charge in [0.2, 0.25) is 0 Å². The third-order valence-corrected chi connectivity index (χ3v) is 3.17. The average molecular weight is 293 g/mol. The standard InChI is InChI=1S/C10H8Cl3N3O/c11-7-3-9(13)10(4-8(7)12)16-5-6(1-2-17)14-15-16/h3-5,17H,1-2H2. The molecule has 0 fully saturated rings. The Balaban J connectivity index is 2.41. The van der Waals surface area contributed by atoms with Gasteiger partial charge >= 0.3 is 0 Å². The highest BCUT2D eigenvalue weighted by Crippen LogP contribution is 2.30. The van der Waals surface area contributed by atoms with Crippen LogP contribution in [-0.4, -0.2) is 26.7 Å². The molecule has 0 bridgehead atoms. The van der Waals surface area contributed by atoms with Crippen LogP contribution in [0.25, 0.3) is 5.69 Å². The van der Waals surface area contributed by atoms with Crippen molar-refractivity contribution >= 4 is 34.8 Å². The fourth-order valence-electron chi connectivity index (χ4n) is 1.33. The Labute approximate surface area is 113 Å². The summed E-state index contributed by atoms with van der Waals surface area (Å²) in [6.07, 6.45) is 2.13. The molecule has 1 aromatic carbocycles. The van der Waals surface area contributed by atoms with Crippen molar-refractivity contribution in [2.75, 3.05) is 6.61 Å². The predicted molar refractivity (Wildman–Crippen MR) is 67.2 cm³/mol. The molecule has 0 aliphatic rings. The minimum atomic E-state index is 0.0216. The highest BCUT2D eigenvalue weighted by Gasteiger charge is 2.10.